The van der Waals surface area contributed by atoms with Crippen LogP contribution < -0.4 is 23.8 Å². The number of anilines is 1. The van der Waals surface area contributed by atoms with Crippen LogP contribution in [0.2, 0.25) is 0 Å². The Morgan fingerprint density at radius 3 is 2.07 bits per heavy atom. The number of hydrogen-bond donors (Lipinski definition) is 1. The summed E-state index contributed by atoms with van der Waals surface area (Å²) in [5.74, 6) is 1.57. The molecule has 0 aliphatic heterocycles. The van der Waals surface area contributed by atoms with Crippen LogP contribution in [0.5, 0.6) is 17.2 Å². The van der Waals surface area contributed by atoms with Gasteiger partial charge in [-0.2, -0.15) is 0 Å². The molecule has 1 N–H and O–H groups in total. The van der Waals surface area contributed by atoms with Gasteiger partial charge < -0.3 is 19.5 Å². The van der Waals surface area contributed by atoms with Gasteiger partial charge in [0.1, 0.15) is 29.9 Å². The van der Waals surface area contributed by atoms with Gasteiger partial charge in [-0.3, -0.25) is 9.10 Å². The maximum Gasteiger partial charge on any atom is 0.243 e. The molecular formula is C21H28N2O6S. The first kappa shape index (κ1) is 23.3. The third-order valence-corrected chi connectivity index (χ3v) is 5.46. The lowest BCUT2D eigenvalue weighted by atomic mass is 10.2. The first-order valence-electron chi connectivity index (χ1n) is 9.53. The van der Waals surface area contributed by atoms with Crippen molar-refractivity contribution in [3.63, 3.8) is 0 Å². The fourth-order valence-electron chi connectivity index (χ4n) is 2.83. The molecule has 2 rings (SSSR count). The van der Waals surface area contributed by atoms with E-state index in [1.54, 1.807) is 55.6 Å². The van der Waals surface area contributed by atoms with Crippen LogP contribution in [0.3, 0.4) is 0 Å². The number of benzene rings is 2. The van der Waals surface area contributed by atoms with Gasteiger partial charge in [0.05, 0.1) is 32.2 Å². The summed E-state index contributed by atoms with van der Waals surface area (Å²) in [6.07, 6.45) is 1.07. The van der Waals surface area contributed by atoms with Crippen molar-refractivity contribution < 1.29 is 27.4 Å². The highest BCUT2D eigenvalue weighted by atomic mass is 32.2. The van der Waals surface area contributed by atoms with Gasteiger partial charge in [-0.25, -0.2) is 8.42 Å². The lowest BCUT2D eigenvalue weighted by molar-refractivity contribution is -0.121. The van der Waals surface area contributed by atoms with E-state index in [1.165, 1.54) is 6.92 Å². The Kier molecular flexibility index (Phi) is 8.35. The van der Waals surface area contributed by atoms with Gasteiger partial charge in [0, 0.05) is 0 Å². The quantitative estimate of drug-likeness (QED) is 0.544. The maximum atomic E-state index is 12.6. The fourth-order valence-corrected chi connectivity index (χ4v) is 4.00. The summed E-state index contributed by atoms with van der Waals surface area (Å²) in [7, 11) is -2.10. The van der Waals surface area contributed by atoms with Crippen molar-refractivity contribution in [3.8, 4) is 17.2 Å². The molecule has 0 bridgehead atoms. The van der Waals surface area contributed by atoms with E-state index in [0.29, 0.717) is 23.8 Å². The van der Waals surface area contributed by atoms with Crippen molar-refractivity contribution in [2.24, 2.45) is 0 Å². The molecule has 0 aliphatic rings. The summed E-state index contributed by atoms with van der Waals surface area (Å²) in [6.45, 7) is 4.38. The highest BCUT2D eigenvalue weighted by Gasteiger charge is 2.28. The first-order chi connectivity index (χ1) is 14.3. The molecular weight excluding hydrogens is 408 g/mol. The molecule has 1 atom stereocenters. The van der Waals surface area contributed by atoms with Gasteiger partial charge in [-0.05, 0) is 62.4 Å². The summed E-state index contributed by atoms with van der Waals surface area (Å²) >= 11 is 0. The fraction of sp³-hybridized carbons (Fsp3) is 0.381. The molecule has 0 aliphatic carbocycles. The van der Waals surface area contributed by atoms with Gasteiger partial charge in [-0.15, -0.1) is 0 Å². The van der Waals surface area contributed by atoms with Gasteiger partial charge >= 0.3 is 0 Å². The van der Waals surface area contributed by atoms with Crippen LogP contribution in [0.25, 0.3) is 0 Å². The molecule has 164 valence electrons. The Balaban J connectivity index is 1.96. The van der Waals surface area contributed by atoms with E-state index in [4.69, 9.17) is 14.2 Å². The van der Waals surface area contributed by atoms with Crippen LogP contribution in [0, 0.1) is 0 Å². The molecule has 0 aromatic heterocycles. The number of carbonyl (C=O) groups excluding carboxylic acids is 1. The molecule has 9 heteroatoms. The molecule has 0 saturated heterocycles. The second-order valence-corrected chi connectivity index (χ2v) is 8.34. The Morgan fingerprint density at radius 1 is 1.00 bits per heavy atom. The second kappa shape index (κ2) is 10.7. The van der Waals surface area contributed by atoms with Crippen molar-refractivity contribution in [2.75, 3.05) is 37.4 Å². The van der Waals surface area contributed by atoms with Gasteiger partial charge in [0.15, 0.2) is 0 Å². The van der Waals surface area contributed by atoms with Gasteiger partial charge in [-0.1, -0.05) is 0 Å². The summed E-state index contributed by atoms with van der Waals surface area (Å²) < 4.78 is 41.8. The number of ether oxygens (including phenoxy) is 3. The van der Waals surface area contributed by atoms with Gasteiger partial charge in [0.2, 0.25) is 15.9 Å². The van der Waals surface area contributed by atoms with Crippen molar-refractivity contribution in [1.29, 1.82) is 0 Å². The molecule has 2 aromatic rings. The number of carbonyl (C=O) groups is 1. The topological polar surface area (TPSA) is 94.2 Å². The molecule has 0 spiro atoms. The normalized spacial score (nSPS) is 12.0. The van der Waals surface area contributed by atoms with E-state index >= 15 is 0 Å². The Bertz CT molecular complexity index is 914. The summed E-state index contributed by atoms with van der Waals surface area (Å²) in [5, 5.41) is 2.71. The highest BCUT2D eigenvalue weighted by Crippen LogP contribution is 2.24. The SMILES string of the molecule is CCOc1ccc(N([C@H](C)C(=O)NCCOc2ccc(OC)cc2)S(C)(=O)=O)cc1. The van der Waals surface area contributed by atoms with Crippen LogP contribution in [0.1, 0.15) is 13.8 Å². The van der Waals surface area contributed by atoms with Crippen molar-refractivity contribution in [3.05, 3.63) is 48.5 Å². The zero-order valence-electron chi connectivity index (χ0n) is 17.6. The number of nitrogens with zero attached hydrogens (tertiary/aromatic N) is 1. The smallest absolute Gasteiger partial charge is 0.243 e. The number of methoxy groups -OCH3 is 1. The molecule has 1 amide bonds. The molecule has 0 heterocycles. The van der Waals surface area contributed by atoms with Crippen LogP contribution >= 0.6 is 0 Å². The summed E-state index contributed by atoms with van der Waals surface area (Å²) in [4.78, 5) is 12.6. The Morgan fingerprint density at radius 2 is 1.53 bits per heavy atom. The Labute approximate surface area is 177 Å². The minimum Gasteiger partial charge on any atom is -0.497 e. The molecule has 0 unspecified atom stereocenters. The van der Waals surface area contributed by atoms with Crippen LogP contribution in [0.4, 0.5) is 5.69 Å². The number of nitrogens with one attached hydrogen (secondary N) is 1. The zero-order chi connectivity index (χ0) is 22.1. The predicted octanol–water partition coefficient (Wildman–Crippen LogP) is 2.44. The van der Waals surface area contributed by atoms with E-state index in [-0.39, 0.29) is 13.2 Å². The largest absolute Gasteiger partial charge is 0.497 e. The maximum absolute atomic E-state index is 12.6. The van der Waals surface area contributed by atoms with Gasteiger partial charge in [0.25, 0.3) is 0 Å². The monoisotopic (exact) mass is 436 g/mol. The third-order valence-electron chi connectivity index (χ3n) is 4.22. The van der Waals surface area contributed by atoms with E-state index in [2.05, 4.69) is 5.32 Å². The minimum absolute atomic E-state index is 0.232. The van der Waals surface area contributed by atoms with Crippen molar-refractivity contribution in [2.45, 2.75) is 19.9 Å². The first-order valence-corrected chi connectivity index (χ1v) is 11.4. The average Bonchev–Trinajstić information content (AvgIpc) is 2.72. The zero-order valence-corrected chi connectivity index (χ0v) is 18.4. The number of sulfonamides is 1. The molecule has 0 fully saturated rings. The molecule has 30 heavy (non-hydrogen) atoms. The number of hydrogen-bond acceptors (Lipinski definition) is 6. The predicted molar refractivity (Wildman–Crippen MR) is 116 cm³/mol. The molecule has 0 radical (unpaired) electrons. The lowest BCUT2D eigenvalue weighted by Gasteiger charge is -2.28. The molecule has 2 aromatic carbocycles. The van der Waals surface area contributed by atoms with Crippen LogP contribution in [-0.4, -0.2) is 53.5 Å². The third kappa shape index (κ3) is 6.55. The van der Waals surface area contributed by atoms with Crippen molar-refractivity contribution in [1.82, 2.24) is 5.32 Å². The number of rotatable bonds is 11. The summed E-state index contributed by atoms with van der Waals surface area (Å²) in [6, 6.07) is 12.7. The van der Waals surface area contributed by atoms with Crippen LogP contribution in [0.15, 0.2) is 48.5 Å². The lowest BCUT2D eigenvalue weighted by Crippen LogP contribution is -2.48. The van der Waals surface area contributed by atoms with E-state index in [9.17, 15) is 13.2 Å². The van der Waals surface area contributed by atoms with E-state index < -0.39 is 22.0 Å². The van der Waals surface area contributed by atoms with Crippen molar-refractivity contribution >= 4 is 21.6 Å². The average molecular weight is 437 g/mol. The number of amides is 1. The minimum atomic E-state index is -3.68. The van der Waals surface area contributed by atoms with E-state index in [1.807, 2.05) is 6.92 Å². The van der Waals surface area contributed by atoms with Crippen LogP contribution in [-0.2, 0) is 14.8 Å². The second-order valence-electron chi connectivity index (χ2n) is 6.48. The van der Waals surface area contributed by atoms with E-state index in [0.717, 1.165) is 16.3 Å². The molecule has 8 nitrogen and oxygen atoms in total. The summed E-state index contributed by atoms with van der Waals surface area (Å²) in [5.41, 5.74) is 0.387. The standard InChI is InChI=1S/C21H28N2O6S/c1-5-28-19-8-6-17(7-9-19)23(30(4,25)26)16(2)21(24)22-14-15-29-20-12-10-18(27-3)11-13-20/h6-13,16H,5,14-15H2,1-4H3,(H,22,24)/t16-/m1/s1. The molecule has 0 saturated carbocycles. The Hall–Kier alpha value is -2.94. The highest BCUT2D eigenvalue weighted by molar-refractivity contribution is 7.92.